The van der Waals surface area contributed by atoms with Crippen molar-refractivity contribution in [3.8, 4) is 6.07 Å². The molecule has 3 heteroatoms. The van der Waals surface area contributed by atoms with Crippen LogP contribution in [0.2, 0.25) is 0 Å². The highest BCUT2D eigenvalue weighted by atomic mass is 16.5. The van der Waals surface area contributed by atoms with E-state index in [2.05, 4.69) is 6.07 Å². The van der Waals surface area contributed by atoms with E-state index in [1.165, 1.54) is 0 Å². The maximum absolute atomic E-state index is 12.3. The highest BCUT2D eigenvalue weighted by Gasteiger charge is 2.40. The molecule has 0 aliphatic carbocycles. The standard InChI is InChI=1S/C13H13NO2/c14-10-13(6-8-16-9-7-13)12(15)11-4-2-1-3-5-11/h1-5H,6-9H2. The van der Waals surface area contributed by atoms with E-state index in [4.69, 9.17) is 4.74 Å². The van der Waals surface area contributed by atoms with E-state index in [1.807, 2.05) is 18.2 Å². The topological polar surface area (TPSA) is 50.1 Å². The molecule has 1 aromatic carbocycles. The summed E-state index contributed by atoms with van der Waals surface area (Å²) in [5.74, 6) is -0.0705. The minimum atomic E-state index is -0.875. The summed E-state index contributed by atoms with van der Waals surface area (Å²) in [5.41, 5.74) is -0.259. The number of ketones is 1. The van der Waals surface area contributed by atoms with Gasteiger partial charge >= 0.3 is 0 Å². The van der Waals surface area contributed by atoms with E-state index in [9.17, 15) is 10.1 Å². The van der Waals surface area contributed by atoms with Crippen LogP contribution in [0.15, 0.2) is 30.3 Å². The average Bonchev–Trinajstić information content (AvgIpc) is 2.39. The molecule has 82 valence electrons. The van der Waals surface area contributed by atoms with Gasteiger partial charge in [-0.2, -0.15) is 5.26 Å². The Hall–Kier alpha value is -1.66. The van der Waals surface area contributed by atoms with Crippen LogP contribution >= 0.6 is 0 Å². The molecule has 1 saturated heterocycles. The van der Waals surface area contributed by atoms with Crippen LogP contribution in [0.4, 0.5) is 0 Å². The Morgan fingerprint density at radius 3 is 2.44 bits per heavy atom. The van der Waals surface area contributed by atoms with Gasteiger partial charge in [-0.05, 0) is 12.8 Å². The lowest BCUT2D eigenvalue weighted by molar-refractivity contribution is 0.0355. The predicted octanol–water partition coefficient (Wildman–Crippen LogP) is 2.19. The van der Waals surface area contributed by atoms with Gasteiger partial charge in [0.25, 0.3) is 0 Å². The minimum Gasteiger partial charge on any atom is -0.381 e. The Morgan fingerprint density at radius 1 is 1.25 bits per heavy atom. The molecule has 0 spiro atoms. The quantitative estimate of drug-likeness (QED) is 0.710. The van der Waals surface area contributed by atoms with Crippen LogP contribution < -0.4 is 0 Å². The Kier molecular flexibility index (Phi) is 3.02. The summed E-state index contributed by atoms with van der Waals surface area (Å²) in [5, 5.41) is 9.25. The molecule has 2 rings (SSSR count). The number of carbonyl (C=O) groups is 1. The molecule has 0 atom stereocenters. The number of hydrogen-bond acceptors (Lipinski definition) is 3. The van der Waals surface area contributed by atoms with Crippen LogP contribution in [-0.2, 0) is 4.74 Å². The van der Waals surface area contributed by atoms with Crippen LogP contribution in [-0.4, -0.2) is 19.0 Å². The Bertz CT molecular complexity index is 413. The van der Waals surface area contributed by atoms with Crippen molar-refractivity contribution in [3.63, 3.8) is 0 Å². The van der Waals surface area contributed by atoms with Gasteiger partial charge in [-0.25, -0.2) is 0 Å². The van der Waals surface area contributed by atoms with Crippen molar-refractivity contribution in [2.45, 2.75) is 12.8 Å². The Balaban J connectivity index is 2.29. The average molecular weight is 215 g/mol. The predicted molar refractivity (Wildman–Crippen MR) is 58.9 cm³/mol. The van der Waals surface area contributed by atoms with Crippen molar-refractivity contribution in [2.24, 2.45) is 5.41 Å². The molecule has 0 N–H and O–H groups in total. The van der Waals surface area contributed by atoms with E-state index < -0.39 is 5.41 Å². The summed E-state index contributed by atoms with van der Waals surface area (Å²) < 4.78 is 5.21. The van der Waals surface area contributed by atoms with E-state index in [0.717, 1.165) is 0 Å². The molecule has 0 saturated carbocycles. The molecule has 0 aromatic heterocycles. The van der Waals surface area contributed by atoms with Crippen molar-refractivity contribution in [3.05, 3.63) is 35.9 Å². The first kappa shape index (κ1) is 10.8. The SMILES string of the molecule is N#CC1(C(=O)c2ccccc2)CCOCC1. The van der Waals surface area contributed by atoms with Crippen LogP contribution in [0.5, 0.6) is 0 Å². The number of benzene rings is 1. The molecule has 1 heterocycles. The number of ether oxygens (including phenoxy) is 1. The van der Waals surface area contributed by atoms with Gasteiger partial charge in [-0.3, -0.25) is 4.79 Å². The second-order valence-corrected chi connectivity index (χ2v) is 4.00. The summed E-state index contributed by atoms with van der Waals surface area (Å²) in [6.45, 7) is 0.984. The molecule has 0 bridgehead atoms. The molecule has 0 unspecified atom stereocenters. The fraction of sp³-hybridized carbons (Fsp3) is 0.385. The highest BCUT2D eigenvalue weighted by molar-refractivity contribution is 6.02. The van der Waals surface area contributed by atoms with Crippen LogP contribution in [0.3, 0.4) is 0 Å². The maximum Gasteiger partial charge on any atom is 0.183 e. The highest BCUT2D eigenvalue weighted by Crippen LogP contribution is 2.33. The van der Waals surface area contributed by atoms with Gasteiger partial charge in [0.15, 0.2) is 5.78 Å². The molecule has 1 aliphatic rings. The lowest BCUT2D eigenvalue weighted by Gasteiger charge is -2.29. The monoisotopic (exact) mass is 215 g/mol. The van der Waals surface area contributed by atoms with Gasteiger partial charge in [0.05, 0.1) is 6.07 Å². The van der Waals surface area contributed by atoms with Gasteiger partial charge in [0.2, 0.25) is 0 Å². The van der Waals surface area contributed by atoms with Crippen molar-refractivity contribution in [1.82, 2.24) is 0 Å². The molecule has 1 aliphatic heterocycles. The van der Waals surface area contributed by atoms with Crippen LogP contribution in [0, 0.1) is 16.7 Å². The molecule has 16 heavy (non-hydrogen) atoms. The van der Waals surface area contributed by atoms with Gasteiger partial charge < -0.3 is 4.74 Å². The van der Waals surface area contributed by atoms with Crippen molar-refractivity contribution in [2.75, 3.05) is 13.2 Å². The molecule has 1 aromatic rings. The van der Waals surface area contributed by atoms with Crippen molar-refractivity contribution >= 4 is 5.78 Å². The first-order valence-corrected chi connectivity index (χ1v) is 5.37. The molecule has 0 radical (unpaired) electrons. The first-order valence-electron chi connectivity index (χ1n) is 5.37. The van der Waals surface area contributed by atoms with Gasteiger partial charge in [0.1, 0.15) is 5.41 Å². The van der Waals surface area contributed by atoms with E-state index in [-0.39, 0.29) is 5.78 Å². The zero-order valence-electron chi connectivity index (χ0n) is 8.98. The summed E-state index contributed by atoms with van der Waals surface area (Å²) in [6, 6.07) is 11.2. The molecule has 1 fully saturated rings. The third-order valence-electron chi connectivity index (χ3n) is 3.03. The number of carbonyl (C=O) groups excluding carboxylic acids is 1. The zero-order chi connectivity index (χ0) is 11.4. The summed E-state index contributed by atoms with van der Waals surface area (Å²) >= 11 is 0. The Morgan fingerprint density at radius 2 is 1.88 bits per heavy atom. The van der Waals surface area contributed by atoms with Crippen molar-refractivity contribution in [1.29, 1.82) is 5.26 Å². The number of hydrogen-bond donors (Lipinski definition) is 0. The van der Waals surface area contributed by atoms with Crippen LogP contribution in [0.1, 0.15) is 23.2 Å². The largest absolute Gasteiger partial charge is 0.381 e. The molecule has 3 nitrogen and oxygen atoms in total. The van der Waals surface area contributed by atoms with Gasteiger partial charge in [-0.15, -0.1) is 0 Å². The molecular formula is C13H13NO2. The zero-order valence-corrected chi connectivity index (χ0v) is 8.98. The Labute approximate surface area is 94.6 Å². The summed E-state index contributed by atoms with van der Waals surface area (Å²) in [7, 11) is 0. The second-order valence-electron chi connectivity index (χ2n) is 4.00. The normalized spacial score (nSPS) is 18.7. The first-order chi connectivity index (χ1) is 7.78. The van der Waals surface area contributed by atoms with Crippen molar-refractivity contribution < 1.29 is 9.53 Å². The fourth-order valence-electron chi connectivity index (χ4n) is 1.98. The minimum absolute atomic E-state index is 0.0705. The number of nitriles is 1. The summed E-state index contributed by atoms with van der Waals surface area (Å²) in [4.78, 5) is 12.3. The molecule has 0 amide bonds. The summed E-state index contributed by atoms with van der Waals surface area (Å²) in [6.07, 6.45) is 0.994. The lowest BCUT2D eigenvalue weighted by Crippen LogP contribution is -2.36. The van der Waals surface area contributed by atoms with E-state index in [0.29, 0.717) is 31.6 Å². The van der Waals surface area contributed by atoms with Gasteiger partial charge in [0, 0.05) is 18.8 Å². The van der Waals surface area contributed by atoms with Gasteiger partial charge in [-0.1, -0.05) is 30.3 Å². The third kappa shape index (κ3) is 1.84. The molecular weight excluding hydrogens is 202 g/mol. The maximum atomic E-state index is 12.3. The second kappa shape index (κ2) is 4.46. The fourth-order valence-corrected chi connectivity index (χ4v) is 1.98. The smallest absolute Gasteiger partial charge is 0.183 e. The number of nitrogens with zero attached hydrogens (tertiary/aromatic N) is 1. The lowest BCUT2D eigenvalue weighted by atomic mass is 9.75. The number of Topliss-reactive ketones (excluding diaryl/α,β-unsaturated/α-hetero) is 1. The number of rotatable bonds is 2. The third-order valence-corrected chi connectivity index (χ3v) is 3.03. The van der Waals surface area contributed by atoms with E-state index >= 15 is 0 Å². The van der Waals surface area contributed by atoms with E-state index in [1.54, 1.807) is 12.1 Å². The van der Waals surface area contributed by atoms with Crippen LogP contribution in [0.25, 0.3) is 0 Å².